The van der Waals surface area contributed by atoms with Gasteiger partial charge in [0, 0.05) is 15.7 Å². The molecule has 1 atom stereocenters. The Labute approximate surface area is 131 Å². The van der Waals surface area contributed by atoms with Crippen molar-refractivity contribution in [1.82, 2.24) is 0 Å². The highest BCUT2D eigenvalue weighted by Gasteiger charge is 2.19. The summed E-state index contributed by atoms with van der Waals surface area (Å²) in [6, 6.07) is 14.5. The van der Waals surface area contributed by atoms with Crippen LogP contribution in [0.5, 0.6) is 5.75 Å². The molecule has 0 fully saturated rings. The zero-order chi connectivity index (χ0) is 14.5. The van der Waals surface area contributed by atoms with Crippen molar-refractivity contribution in [2.45, 2.75) is 6.04 Å². The number of anilines is 1. The number of nitriles is 1. The molecule has 0 heterocycles. The molecule has 0 radical (unpaired) electrons. The van der Waals surface area contributed by atoms with E-state index in [2.05, 4.69) is 27.3 Å². The van der Waals surface area contributed by atoms with Crippen LogP contribution in [0.15, 0.2) is 46.9 Å². The quantitative estimate of drug-likeness (QED) is 0.861. The topological polar surface area (TPSA) is 45.0 Å². The van der Waals surface area contributed by atoms with Crippen molar-refractivity contribution in [3.8, 4) is 11.8 Å². The molecule has 0 bridgehead atoms. The smallest absolute Gasteiger partial charge is 0.145 e. The fourth-order valence-corrected chi connectivity index (χ4v) is 2.55. The van der Waals surface area contributed by atoms with Gasteiger partial charge in [0.15, 0.2) is 0 Å². The van der Waals surface area contributed by atoms with Crippen molar-refractivity contribution < 1.29 is 4.74 Å². The molecule has 2 aromatic carbocycles. The first kappa shape index (κ1) is 14.7. The van der Waals surface area contributed by atoms with E-state index in [1.807, 2.05) is 24.3 Å². The van der Waals surface area contributed by atoms with Crippen molar-refractivity contribution in [3.05, 3.63) is 57.5 Å². The summed E-state index contributed by atoms with van der Waals surface area (Å²) in [7, 11) is 1.56. The van der Waals surface area contributed by atoms with Crippen LogP contribution in [-0.2, 0) is 0 Å². The van der Waals surface area contributed by atoms with Gasteiger partial charge in [-0.25, -0.2) is 0 Å². The third-order valence-electron chi connectivity index (χ3n) is 2.82. The molecule has 1 unspecified atom stereocenters. The molecule has 20 heavy (non-hydrogen) atoms. The number of ether oxygens (including phenoxy) is 1. The van der Waals surface area contributed by atoms with Gasteiger partial charge >= 0.3 is 0 Å². The highest BCUT2D eigenvalue weighted by Crippen LogP contribution is 2.35. The number of rotatable bonds is 4. The molecule has 0 aliphatic carbocycles. The Bertz CT molecular complexity index is 655. The Morgan fingerprint density at radius 1 is 1.25 bits per heavy atom. The minimum Gasteiger partial charge on any atom is -0.496 e. The number of para-hydroxylation sites is 1. The van der Waals surface area contributed by atoms with Gasteiger partial charge in [-0.1, -0.05) is 29.8 Å². The van der Waals surface area contributed by atoms with Gasteiger partial charge in [0.05, 0.1) is 18.2 Å². The van der Waals surface area contributed by atoms with Crippen molar-refractivity contribution in [2.24, 2.45) is 0 Å². The van der Waals surface area contributed by atoms with Gasteiger partial charge in [-0.15, -0.1) is 0 Å². The first-order valence-corrected chi connectivity index (χ1v) is 7.07. The van der Waals surface area contributed by atoms with E-state index in [1.54, 1.807) is 25.3 Å². The average Bonchev–Trinajstić information content (AvgIpc) is 2.47. The highest BCUT2D eigenvalue weighted by molar-refractivity contribution is 9.10. The van der Waals surface area contributed by atoms with Crippen LogP contribution in [0, 0.1) is 11.3 Å². The number of halogens is 2. The van der Waals surface area contributed by atoms with Crippen LogP contribution in [0.25, 0.3) is 0 Å². The number of benzene rings is 2. The summed E-state index contributed by atoms with van der Waals surface area (Å²) in [4.78, 5) is 0. The molecule has 0 spiro atoms. The van der Waals surface area contributed by atoms with E-state index >= 15 is 0 Å². The first-order valence-electron chi connectivity index (χ1n) is 5.90. The maximum atomic E-state index is 9.43. The van der Waals surface area contributed by atoms with Crippen LogP contribution in [0.2, 0.25) is 5.02 Å². The van der Waals surface area contributed by atoms with Crippen LogP contribution in [0.3, 0.4) is 0 Å². The van der Waals surface area contributed by atoms with E-state index < -0.39 is 6.04 Å². The van der Waals surface area contributed by atoms with Crippen molar-refractivity contribution in [1.29, 1.82) is 5.26 Å². The lowest BCUT2D eigenvalue weighted by atomic mass is 10.1. The molecule has 0 saturated heterocycles. The van der Waals surface area contributed by atoms with Gasteiger partial charge < -0.3 is 10.1 Å². The molecule has 2 rings (SSSR count). The van der Waals surface area contributed by atoms with Crippen LogP contribution in [0.4, 0.5) is 5.69 Å². The Kier molecular flexibility index (Phi) is 4.89. The predicted octanol–water partition coefficient (Wildman–Crippen LogP) is 4.79. The van der Waals surface area contributed by atoms with Gasteiger partial charge in [0.25, 0.3) is 0 Å². The van der Waals surface area contributed by atoms with E-state index in [0.717, 1.165) is 10.2 Å². The molecule has 0 aliphatic rings. The largest absolute Gasteiger partial charge is 0.496 e. The standard InChI is InChI=1S/C15H12BrClN2O/c1-20-14-8-4-6-11(17)15(14)13(9-18)19-12-7-3-2-5-10(12)16/h2-8,13,19H,1H3. The summed E-state index contributed by atoms with van der Waals surface area (Å²) >= 11 is 9.65. The fourth-order valence-electron chi connectivity index (χ4n) is 1.88. The number of nitrogens with zero attached hydrogens (tertiary/aromatic N) is 1. The zero-order valence-corrected chi connectivity index (χ0v) is 13.1. The first-order chi connectivity index (χ1) is 9.67. The second kappa shape index (κ2) is 6.65. The van der Waals surface area contributed by atoms with Crippen molar-refractivity contribution in [2.75, 3.05) is 12.4 Å². The van der Waals surface area contributed by atoms with E-state index in [9.17, 15) is 5.26 Å². The molecule has 0 saturated carbocycles. The second-order valence-electron chi connectivity index (χ2n) is 4.04. The molecule has 0 aliphatic heterocycles. The lowest BCUT2D eigenvalue weighted by Crippen LogP contribution is -2.11. The monoisotopic (exact) mass is 350 g/mol. The number of nitrogens with one attached hydrogen (secondary N) is 1. The van der Waals surface area contributed by atoms with Gasteiger partial charge in [0.2, 0.25) is 0 Å². The number of hydrogen-bond acceptors (Lipinski definition) is 3. The van der Waals surface area contributed by atoms with E-state index in [0.29, 0.717) is 16.3 Å². The zero-order valence-electron chi connectivity index (χ0n) is 10.7. The normalized spacial score (nSPS) is 11.5. The average molecular weight is 352 g/mol. The minimum atomic E-state index is -0.600. The third-order valence-corrected chi connectivity index (χ3v) is 3.85. The Hall–Kier alpha value is -1.70. The van der Waals surface area contributed by atoms with Crippen LogP contribution >= 0.6 is 27.5 Å². The number of hydrogen-bond donors (Lipinski definition) is 1. The summed E-state index contributed by atoms with van der Waals surface area (Å²) in [5.74, 6) is 0.587. The molecule has 102 valence electrons. The van der Waals surface area contributed by atoms with Gasteiger partial charge in [-0.3, -0.25) is 0 Å². The summed E-state index contributed by atoms with van der Waals surface area (Å²) in [5, 5.41) is 13.1. The summed E-state index contributed by atoms with van der Waals surface area (Å²) in [6.07, 6.45) is 0. The maximum absolute atomic E-state index is 9.43. The lowest BCUT2D eigenvalue weighted by molar-refractivity contribution is 0.409. The van der Waals surface area contributed by atoms with E-state index in [-0.39, 0.29) is 0 Å². The third kappa shape index (κ3) is 3.06. The molecule has 0 aromatic heterocycles. The summed E-state index contributed by atoms with van der Waals surface area (Å²) in [6.45, 7) is 0. The van der Waals surface area contributed by atoms with Gasteiger partial charge in [-0.05, 0) is 40.2 Å². The molecule has 3 nitrogen and oxygen atoms in total. The molecular weight excluding hydrogens is 340 g/mol. The summed E-state index contributed by atoms with van der Waals surface area (Å²) in [5.41, 5.74) is 1.45. The molecule has 1 N–H and O–H groups in total. The van der Waals surface area contributed by atoms with Crippen LogP contribution < -0.4 is 10.1 Å². The van der Waals surface area contributed by atoms with Crippen LogP contribution in [-0.4, -0.2) is 7.11 Å². The Morgan fingerprint density at radius 2 is 2.00 bits per heavy atom. The summed E-state index contributed by atoms with van der Waals surface area (Å²) < 4.78 is 6.17. The van der Waals surface area contributed by atoms with Crippen molar-refractivity contribution in [3.63, 3.8) is 0 Å². The highest BCUT2D eigenvalue weighted by atomic mass is 79.9. The fraction of sp³-hybridized carbons (Fsp3) is 0.133. The van der Waals surface area contributed by atoms with Gasteiger partial charge in [0.1, 0.15) is 11.8 Å². The lowest BCUT2D eigenvalue weighted by Gasteiger charge is -2.18. The SMILES string of the molecule is COc1cccc(Cl)c1C(C#N)Nc1ccccc1Br. The van der Waals surface area contributed by atoms with Crippen LogP contribution in [0.1, 0.15) is 11.6 Å². The molecule has 0 amide bonds. The minimum absolute atomic E-state index is 0.496. The predicted molar refractivity (Wildman–Crippen MR) is 84.1 cm³/mol. The Balaban J connectivity index is 2.40. The molecule has 5 heteroatoms. The van der Waals surface area contributed by atoms with E-state index in [1.165, 1.54) is 0 Å². The maximum Gasteiger partial charge on any atom is 0.145 e. The second-order valence-corrected chi connectivity index (χ2v) is 5.30. The molecular formula is C15H12BrClN2O. The van der Waals surface area contributed by atoms with Gasteiger partial charge in [-0.2, -0.15) is 5.26 Å². The molecule has 2 aromatic rings. The Morgan fingerprint density at radius 3 is 2.65 bits per heavy atom. The number of methoxy groups -OCH3 is 1. The van der Waals surface area contributed by atoms with Crippen molar-refractivity contribution >= 4 is 33.2 Å². The van der Waals surface area contributed by atoms with E-state index in [4.69, 9.17) is 16.3 Å².